The summed E-state index contributed by atoms with van der Waals surface area (Å²) in [7, 11) is 0. The van der Waals surface area contributed by atoms with Crippen molar-refractivity contribution >= 4 is 45.0 Å². The molecule has 4 aromatic rings. The van der Waals surface area contributed by atoms with E-state index in [2.05, 4.69) is 10.3 Å². The van der Waals surface area contributed by atoms with E-state index < -0.39 is 0 Å². The molecule has 0 atom stereocenters. The number of benzene rings is 3. The highest BCUT2D eigenvalue weighted by Crippen LogP contribution is 2.25. The van der Waals surface area contributed by atoms with Crippen molar-refractivity contribution in [3.63, 3.8) is 0 Å². The molecule has 5 rings (SSSR count). The van der Waals surface area contributed by atoms with Crippen molar-refractivity contribution in [2.24, 2.45) is 0 Å². The van der Waals surface area contributed by atoms with Crippen molar-refractivity contribution in [2.75, 3.05) is 16.8 Å². The molecule has 2 N–H and O–H groups in total. The largest absolute Gasteiger partial charge is 0.354 e. The van der Waals surface area contributed by atoms with Gasteiger partial charge in [0.2, 0.25) is 5.91 Å². The zero-order chi connectivity index (χ0) is 21.4. The summed E-state index contributed by atoms with van der Waals surface area (Å²) < 4.78 is 0. The Kier molecular flexibility index (Phi) is 4.75. The first kappa shape index (κ1) is 19.1. The standard InChI is InChI=1S/C25H21N3O3/c29-22-13-3-4-14-28(22)17-8-5-7-16(15-17)26-25(31)20-11-6-10-19-23(20)27-21-12-2-1-9-18(21)24(19)30/h1-2,5-12,15H,3-4,13-14H2,(H,26,31)(H,27,30). The molecule has 1 aliphatic rings. The Hall–Kier alpha value is -3.93. The molecule has 0 aliphatic carbocycles. The van der Waals surface area contributed by atoms with Gasteiger partial charge in [-0.25, -0.2) is 0 Å². The van der Waals surface area contributed by atoms with Crippen LogP contribution in [0.25, 0.3) is 21.8 Å². The number of para-hydroxylation sites is 2. The maximum atomic E-state index is 13.1. The first-order chi connectivity index (χ1) is 15.1. The number of aromatic nitrogens is 1. The zero-order valence-electron chi connectivity index (χ0n) is 16.9. The average molecular weight is 411 g/mol. The van der Waals surface area contributed by atoms with E-state index in [-0.39, 0.29) is 17.2 Å². The van der Waals surface area contributed by atoms with Crippen molar-refractivity contribution < 1.29 is 9.59 Å². The summed E-state index contributed by atoms with van der Waals surface area (Å²) in [6.07, 6.45) is 2.44. The molecular weight excluding hydrogens is 390 g/mol. The first-order valence-corrected chi connectivity index (χ1v) is 10.4. The van der Waals surface area contributed by atoms with Gasteiger partial charge in [0.15, 0.2) is 5.43 Å². The molecule has 6 heteroatoms. The Bertz CT molecular complexity index is 1390. The highest BCUT2D eigenvalue weighted by atomic mass is 16.2. The fourth-order valence-electron chi connectivity index (χ4n) is 4.16. The van der Waals surface area contributed by atoms with Crippen LogP contribution in [0.15, 0.2) is 71.5 Å². The Morgan fingerprint density at radius 2 is 1.71 bits per heavy atom. The minimum Gasteiger partial charge on any atom is -0.354 e. The highest BCUT2D eigenvalue weighted by molar-refractivity contribution is 6.13. The third kappa shape index (κ3) is 3.46. The van der Waals surface area contributed by atoms with Gasteiger partial charge in [0, 0.05) is 40.6 Å². The van der Waals surface area contributed by atoms with Gasteiger partial charge in [-0.1, -0.05) is 24.3 Å². The minimum atomic E-state index is -0.321. The number of hydrogen-bond donors (Lipinski definition) is 2. The Morgan fingerprint density at radius 3 is 2.58 bits per heavy atom. The second-order valence-corrected chi connectivity index (χ2v) is 7.73. The Balaban J connectivity index is 1.51. The summed E-state index contributed by atoms with van der Waals surface area (Å²) in [6.45, 7) is 0.688. The van der Waals surface area contributed by atoms with Crippen molar-refractivity contribution in [2.45, 2.75) is 19.3 Å². The van der Waals surface area contributed by atoms with Crippen molar-refractivity contribution in [1.82, 2.24) is 4.98 Å². The predicted octanol–water partition coefficient (Wildman–Crippen LogP) is 4.45. The van der Waals surface area contributed by atoms with Crippen molar-refractivity contribution in [3.8, 4) is 0 Å². The summed E-state index contributed by atoms with van der Waals surface area (Å²) in [6, 6.07) is 19.7. The molecule has 0 bridgehead atoms. The Morgan fingerprint density at radius 1 is 0.903 bits per heavy atom. The molecule has 2 amide bonds. The molecule has 1 fully saturated rings. The zero-order valence-corrected chi connectivity index (χ0v) is 16.9. The number of carbonyl (C=O) groups is 2. The van der Waals surface area contributed by atoms with E-state index in [0.29, 0.717) is 46.0 Å². The molecule has 31 heavy (non-hydrogen) atoms. The summed E-state index contributed by atoms with van der Waals surface area (Å²) in [5.74, 6) is -0.216. The normalized spacial score (nSPS) is 14.2. The van der Waals surface area contributed by atoms with Crippen LogP contribution in [0.3, 0.4) is 0 Å². The second kappa shape index (κ2) is 7.72. The van der Waals surface area contributed by atoms with Crippen LogP contribution in [0.5, 0.6) is 0 Å². The van der Waals surface area contributed by atoms with Crippen LogP contribution in [0.2, 0.25) is 0 Å². The van der Waals surface area contributed by atoms with Gasteiger partial charge in [0.05, 0.1) is 11.1 Å². The van der Waals surface area contributed by atoms with E-state index in [1.165, 1.54) is 0 Å². The molecule has 2 heterocycles. The van der Waals surface area contributed by atoms with E-state index in [0.717, 1.165) is 18.5 Å². The lowest BCUT2D eigenvalue weighted by Gasteiger charge is -2.27. The summed E-state index contributed by atoms with van der Waals surface area (Å²) in [5.41, 5.74) is 2.85. The number of fused-ring (bicyclic) bond motifs is 2. The second-order valence-electron chi connectivity index (χ2n) is 7.73. The number of carbonyl (C=O) groups excluding carboxylic acids is 2. The number of anilines is 2. The number of nitrogens with one attached hydrogen (secondary N) is 2. The molecule has 1 saturated heterocycles. The topological polar surface area (TPSA) is 82.3 Å². The van der Waals surface area contributed by atoms with E-state index in [9.17, 15) is 14.4 Å². The predicted molar refractivity (Wildman–Crippen MR) is 123 cm³/mol. The molecule has 0 spiro atoms. The molecule has 0 saturated carbocycles. The molecule has 0 unspecified atom stereocenters. The van der Waals surface area contributed by atoms with E-state index in [1.807, 2.05) is 36.4 Å². The minimum absolute atomic E-state index is 0.105. The van der Waals surface area contributed by atoms with Crippen molar-refractivity contribution in [1.29, 1.82) is 0 Å². The van der Waals surface area contributed by atoms with Gasteiger partial charge >= 0.3 is 0 Å². The quantitative estimate of drug-likeness (QED) is 0.489. The lowest BCUT2D eigenvalue weighted by molar-refractivity contribution is -0.119. The summed E-state index contributed by atoms with van der Waals surface area (Å²) in [5, 5.41) is 3.97. The van der Waals surface area contributed by atoms with Crippen LogP contribution in [-0.2, 0) is 4.79 Å². The number of hydrogen-bond acceptors (Lipinski definition) is 3. The van der Waals surface area contributed by atoms with Gasteiger partial charge in [0.1, 0.15) is 0 Å². The number of nitrogens with zero attached hydrogens (tertiary/aromatic N) is 1. The maximum absolute atomic E-state index is 13.1. The average Bonchev–Trinajstić information content (AvgIpc) is 2.79. The van der Waals surface area contributed by atoms with Crippen LogP contribution in [-0.4, -0.2) is 23.3 Å². The number of pyridine rings is 1. The van der Waals surface area contributed by atoms with E-state index >= 15 is 0 Å². The molecule has 3 aromatic carbocycles. The number of aromatic amines is 1. The highest BCUT2D eigenvalue weighted by Gasteiger charge is 2.20. The van der Waals surface area contributed by atoms with Gasteiger partial charge in [-0.15, -0.1) is 0 Å². The third-order valence-corrected chi connectivity index (χ3v) is 5.72. The first-order valence-electron chi connectivity index (χ1n) is 10.4. The summed E-state index contributed by atoms with van der Waals surface area (Å²) >= 11 is 0. The fraction of sp³-hybridized carbons (Fsp3) is 0.160. The lowest BCUT2D eigenvalue weighted by atomic mass is 10.1. The van der Waals surface area contributed by atoms with Crippen molar-refractivity contribution in [3.05, 3.63) is 82.5 Å². The van der Waals surface area contributed by atoms with Crippen LogP contribution < -0.4 is 15.6 Å². The number of amides is 2. The Labute approximate surface area is 178 Å². The molecular formula is C25H21N3O3. The third-order valence-electron chi connectivity index (χ3n) is 5.72. The van der Waals surface area contributed by atoms with Crippen LogP contribution in [0.1, 0.15) is 29.6 Å². The van der Waals surface area contributed by atoms with Gasteiger partial charge in [-0.2, -0.15) is 0 Å². The van der Waals surface area contributed by atoms with Crippen LogP contribution >= 0.6 is 0 Å². The van der Waals surface area contributed by atoms with E-state index in [1.54, 1.807) is 35.2 Å². The smallest absolute Gasteiger partial charge is 0.257 e. The maximum Gasteiger partial charge on any atom is 0.257 e. The summed E-state index contributed by atoms with van der Waals surface area (Å²) in [4.78, 5) is 43.2. The van der Waals surface area contributed by atoms with Gasteiger partial charge in [-0.3, -0.25) is 14.4 Å². The SMILES string of the molecule is O=C(Nc1cccc(N2CCCCC2=O)c1)c1cccc2c(=O)c3ccccc3[nH]c12. The fourth-order valence-corrected chi connectivity index (χ4v) is 4.16. The molecule has 6 nitrogen and oxygen atoms in total. The molecule has 1 aliphatic heterocycles. The van der Waals surface area contributed by atoms with Gasteiger partial charge in [0.25, 0.3) is 5.91 Å². The number of piperidine rings is 1. The number of rotatable bonds is 3. The van der Waals surface area contributed by atoms with Gasteiger partial charge < -0.3 is 15.2 Å². The van der Waals surface area contributed by atoms with E-state index in [4.69, 9.17) is 0 Å². The monoisotopic (exact) mass is 411 g/mol. The lowest BCUT2D eigenvalue weighted by Crippen LogP contribution is -2.35. The van der Waals surface area contributed by atoms with Crippen LogP contribution in [0, 0.1) is 0 Å². The molecule has 0 radical (unpaired) electrons. The van der Waals surface area contributed by atoms with Gasteiger partial charge in [-0.05, 0) is 55.3 Å². The molecule has 1 aromatic heterocycles. The number of H-pyrrole nitrogens is 1. The molecule has 154 valence electrons. The van der Waals surface area contributed by atoms with Crippen LogP contribution in [0.4, 0.5) is 11.4 Å².